The number of methoxy groups -OCH3 is 1. The summed E-state index contributed by atoms with van der Waals surface area (Å²) in [6.07, 6.45) is 2.24. The Balaban J connectivity index is 1.47. The van der Waals surface area contributed by atoms with Gasteiger partial charge in [0.25, 0.3) is 0 Å². The quantitative estimate of drug-likeness (QED) is 0.881. The molecule has 1 aromatic heterocycles. The van der Waals surface area contributed by atoms with Crippen LogP contribution < -0.4 is 10.2 Å². The number of ether oxygens (including phenoxy) is 1. The Morgan fingerprint density at radius 3 is 2.74 bits per heavy atom. The van der Waals surface area contributed by atoms with Crippen LogP contribution in [0.2, 0.25) is 0 Å². The molecule has 0 unspecified atom stereocenters. The first-order valence-electron chi connectivity index (χ1n) is 8.15. The van der Waals surface area contributed by atoms with Gasteiger partial charge in [-0.25, -0.2) is 4.98 Å². The third kappa shape index (κ3) is 4.28. The van der Waals surface area contributed by atoms with Gasteiger partial charge in [0.15, 0.2) is 5.82 Å². The Morgan fingerprint density at radius 2 is 2.04 bits per heavy atom. The van der Waals surface area contributed by atoms with Crippen molar-refractivity contribution in [3.8, 4) is 0 Å². The van der Waals surface area contributed by atoms with Crippen LogP contribution in [0.15, 0.2) is 30.3 Å². The summed E-state index contributed by atoms with van der Waals surface area (Å²) < 4.78 is 9.69. The molecule has 124 valence electrons. The van der Waals surface area contributed by atoms with E-state index in [0.717, 1.165) is 43.4 Å². The molecule has 2 aromatic rings. The summed E-state index contributed by atoms with van der Waals surface area (Å²) in [6.45, 7) is 4.98. The fourth-order valence-corrected chi connectivity index (χ4v) is 3.56. The lowest BCUT2D eigenvalue weighted by Gasteiger charge is -2.32. The van der Waals surface area contributed by atoms with Crippen LogP contribution in [0, 0.1) is 0 Å². The standard InChI is InChI=1S/C17H24N4OS/c1-13(22-2)16-19-17(23-20-16)21-10-8-15(9-11-21)18-12-14-6-4-3-5-7-14/h3-7,13,15,18H,8-12H2,1-2H3/t13-/m0/s1. The molecule has 0 bridgehead atoms. The molecule has 1 aliphatic rings. The number of rotatable bonds is 6. The Kier molecular flexibility index (Phi) is 5.59. The average Bonchev–Trinajstić information content (AvgIpc) is 3.11. The maximum absolute atomic E-state index is 5.28. The second kappa shape index (κ2) is 7.86. The lowest BCUT2D eigenvalue weighted by Crippen LogP contribution is -2.42. The average molecular weight is 332 g/mol. The van der Waals surface area contributed by atoms with Crippen LogP contribution in [0.25, 0.3) is 0 Å². The molecule has 3 rings (SSSR count). The molecule has 0 spiro atoms. The van der Waals surface area contributed by atoms with Crippen molar-refractivity contribution in [3.63, 3.8) is 0 Å². The molecule has 2 heterocycles. The predicted octanol–water partition coefficient (Wildman–Crippen LogP) is 3.00. The van der Waals surface area contributed by atoms with E-state index in [1.807, 2.05) is 6.92 Å². The van der Waals surface area contributed by atoms with Crippen molar-refractivity contribution in [3.05, 3.63) is 41.7 Å². The smallest absolute Gasteiger partial charge is 0.205 e. The number of anilines is 1. The zero-order valence-electron chi connectivity index (χ0n) is 13.7. The van der Waals surface area contributed by atoms with Gasteiger partial charge in [-0.15, -0.1) is 0 Å². The second-order valence-electron chi connectivity index (χ2n) is 5.94. The number of nitrogens with zero attached hydrogens (tertiary/aromatic N) is 3. The minimum Gasteiger partial charge on any atom is -0.374 e. The first kappa shape index (κ1) is 16.4. The van der Waals surface area contributed by atoms with E-state index >= 15 is 0 Å². The van der Waals surface area contributed by atoms with Gasteiger partial charge in [-0.05, 0) is 25.3 Å². The summed E-state index contributed by atoms with van der Waals surface area (Å²) in [5, 5.41) is 4.68. The molecule has 5 nitrogen and oxygen atoms in total. The van der Waals surface area contributed by atoms with E-state index in [0.29, 0.717) is 6.04 Å². The summed E-state index contributed by atoms with van der Waals surface area (Å²) in [7, 11) is 1.69. The maximum atomic E-state index is 5.28. The van der Waals surface area contributed by atoms with Crippen molar-refractivity contribution in [1.82, 2.24) is 14.7 Å². The minimum atomic E-state index is -0.0370. The Morgan fingerprint density at radius 1 is 1.30 bits per heavy atom. The van der Waals surface area contributed by atoms with Crippen molar-refractivity contribution in [1.29, 1.82) is 0 Å². The zero-order valence-corrected chi connectivity index (χ0v) is 14.6. The number of hydrogen-bond donors (Lipinski definition) is 1. The van der Waals surface area contributed by atoms with Gasteiger partial charge in [0.05, 0.1) is 0 Å². The molecule has 6 heteroatoms. The highest BCUT2D eigenvalue weighted by Gasteiger charge is 2.22. The van der Waals surface area contributed by atoms with Crippen molar-refractivity contribution in [2.75, 3.05) is 25.1 Å². The topological polar surface area (TPSA) is 50.3 Å². The van der Waals surface area contributed by atoms with Gasteiger partial charge in [0, 0.05) is 44.3 Å². The fourth-order valence-electron chi connectivity index (χ4n) is 2.76. The van der Waals surface area contributed by atoms with E-state index in [2.05, 4.69) is 49.9 Å². The summed E-state index contributed by atoms with van der Waals surface area (Å²) in [6, 6.07) is 11.2. The molecule has 1 atom stereocenters. The van der Waals surface area contributed by atoms with E-state index in [1.54, 1.807) is 7.11 Å². The molecule has 0 aliphatic carbocycles. The van der Waals surface area contributed by atoms with Crippen LogP contribution in [0.1, 0.15) is 37.3 Å². The lowest BCUT2D eigenvalue weighted by molar-refractivity contribution is 0.113. The first-order valence-corrected chi connectivity index (χ1v) is 8.92. The maximum Gasteiger partial charge on any atom is 0.205 e. The predicted molar refractivity (Wildman–Crippen MR) is 93.8 cm³/mol. The molecule has 1 N–H and O–H groups in total. The molecule has 1 saturated heterocycles. The van der Waals surface area contributed by atoms with E-state index < -0.39 is 0 Å². The molecule has 0 amide bonds. The van der Waals surface area contributed by atoms with Crippen molar-refractivity contribution < 1.29 is 4.74 Å². The van der Waals surface area contributed by atoms with Gasteiger partial charge in [-0.2, -0.15) is 4.37 Å². The third-order valence-electron chi connectivity index (χ3n) is 4.35. The summed E-state index contributed by atoms with van der Waals surface area (Å²) >= 11 is 1.48. The summed E-state index contributed by atoms with van der Waals surface area (Å²) in [4.78, 5) is 6.95. The molecule has 23 heavy (non-hydrogen) atoms. The normalized spacial score (nSPS) is 17.4. The molecule has 1 fully saturated rings. The summed E-state index contributed by atoms with van der Waals surface area (Å²) in [5.41, 5.74) is 1.34. The minimum absolute atomic E-state index is 0.0370. The van der Waals surface area contributed by atoms with Crippen molar-refractivity contribution >= 4 is 16.7 Å². The van der Waals surface area contributed by atoms with Crippen molar-refractivity contribution in [2.24, 2.45) is 0 Å². The van der Waals surface area contributed by atoms with Crippen LogP contribution >= 0.6 is 11.5 Å². The highest BCUT2D eigenvalue weighted by Crippen LogP contribution is 2.25. The fraction of sp³-hybridized carbons (Fsp3) is 0.529. The molecule has 0 saturated carbocycles. The first-order chi connectivity index (χ1) is 11.3. The highest BCUT2D eigenvalue weighted by atomic mass is 32.1. The molecular formula is C17H24N4OS. The number of benzene rings is 1. The van der Waals surface area contributed by atoms with E-state index in [4.69, 9.17) is 4.74 Å². The Bertz CT molecular complexity index is 596. The van der Waals surface area contributed by atoms with Crippen LogP contribution in [-0.2, 0) is 11.3 Å². The number of aromatic nitrogens is 2. The highest BCUT2D eigenvalue weighted by molar-refractivity contribution is 7.09. The van der Waals surface area contributed by atoms with Crippen LogP contribution in [0.5, 0.6) is 0 Å². The van der Waals surface area contributed by atoms with Gasteiger partial charge in [0.1, 0.15) is 6.10 Å². The van der Waals surface area contributed by atoms with E-state index in [1.165, 1.54) is 17.1 Å². The Hall–Kier alpha value is -1.50. The Labute approximate surface area is 141 Å². The van der Waals surface area contributed by atoms with Crippen LogP contribution in [0.4, 0.5) is 5.13 Å². The number of piperidine rings is 1. The van der Waals surface area contributed by atoms with E-state index in [-0.39, 0.29) is 6.10 Å². The number of nitrogens with one attached hydrogen (secondary N) is 1. The van der Waals surface area contributed by atoms with Crippen LogP contribution in [-0.4, -0.2) is 35.6 Å². The summed E-state index contributed by atoms with van der Waals surface area (Å²) in [5.74, 6) is 0.789. The molecule has 0 radical (unpaired) electrons. The van der Waals surface area contributed by atoms with Crippen molar-refractivity contribution in [2.45, 2.75) is 38.5 Å². The van der Waals surface area contributed by atoms with E-state index in [9.17, 15) is 0 Å². The van der Waals surface area contributed by atoms with Gasteiger partial charge in [-0.1, -0.05) is 30.3 Å². The lowest BCUT2D eigenvalue weighted by atomic mass is 10.1. The molecule has 1 aliphatic heterocycles. The SMILES string of the molecule is CO[C@@H](C)c1nsc(N2CCC(NCc3ccccc3)CC2)n1. The van der Waals surface area contributed by atoms with Gasteiger partial charge in [-0.3, -0.25) is 0 Å². The van der Waals surface area contributed by atoms with Crippen LogP contribution in [0.3, 0.4) is 0 Å². The van der Waals surface area contributed by atoms with Gasteiger partial charge >= 0.3 is 0 Å². The second-order valence-corrected chi connectivity index (χ2v) is 6.67. The largest absolute Gasteiger partial charge is 0.374 e. The molecular weight excluding hydrogens is 308 g/mol. The molecule has 1 aromatic carbocycles. The van der Waals surface area contributed by atoms with Gasteiger partial charge in [0.2, 0.25) is 5.13 Å². The third-order valence-corrected chi connectivity index (χ3v) is 5.14. The number of hydrogen-bond acceptors (Lipinski definition) is 6. The monoisotopic (exact) mass is 332 g/mol. The zero-order chi connectivity index (χ0) is 16.1. The van der Waals surface area contributed by atoms with Gasteiger partial charge < -0.3 is 15.0 Å².